The van der Waals surface area contributed by atoms with Crippen LogP contribution in [-0.4, -0.2) is 22.2 Å². The van der Waals surface area contributed by atoms with Gasteiger partial charge in [-0.1, -0.05) is 66.2 Å². The highest BCUT2D eigenvalue weighted by Crippen LogP contribution is 2.38. The minimum Gasteiger partial charge on any atom is -0.481 e. The summed E-state index contributed by atoms with van der Waals surface area (Å²) in [4.78, 5) is 23.5. The van der Waals surface area contributed by atoms with Gasteiger partial charge in [-0.15, -0.1) is 0 Å². The van der Waals surface area contributed by atoms with Crippen molar-refractivity contribution in [3.05, 3.63) is 0 Å². The van der Waals surface area contributed by atoms with Gasteiger partial charge in [-0.05, 0) is 38.5 Å². The molecule has 0 fully saturated rings. The first-order valence-corrected chi connectivity index (χ1v) is 9.81. The highest BCUT2D eigenvalue weighted by atomic mass is 16.4. The Morgan fingerprint density at radius 2 is 0.917 bits per heavy atom. The van der Waals surface area contributed by atoms with Gasteiger partial charge in [-0.2, -0.15) is 0 Å². The van der Waals surface area contributed by atoms with Crippen molar-refractivity contribution >= 4 is 11.9 Å². The van der Waals surface area contributed by atoms with Gasteiger partial charge in [-0.3, -0.25) is 9.59 Å². The van der Waals surface area contributed by atoms with Crippen LogP contribution in [0.15, 0.2) is 0 Å². The number of carboxylic acids is 2. The first-order valence-electron chi connectivity index (χ1n) is 9.81. The fraction of sp³-hybridized carbons (Fsp3) is 0.900. The van der Waals surface area contributed by atoms with Gasteiger partial charge in [0.15, 0.2) is 0 Å². The summed E-state index contributed by atoms with van der Waals surface area (Å²) in [7, 11) is 0. The third-order valence-corrected chi connectivity index (χ3v) is 5.84. The number of carboxylic acid groups (broad SMARTS) is 2. The van der Waals surface area contributed by atoms with Gasteiger partial charge in [0.25, 0.3) is 0 Å². The molecule has 0 radical (unpaired) electrons. The van der Waals surface area contributed by atoms with Gasteiger partial charge in [-0.25, -0.2) is 0 Å². The fourth-order valence-corrected chi connectivity index (χ4v) is 3.64. The second-order valence-electron chi connectivity index (χ2n) is 7.29. The minimum absolute atomic E-state index is 0.627. The summed E-state index contributed by atoms with van der Waals surface area (Å²) in [5, 5.41) is 19.3. The zero-order chi connectivity index (χ0) is 18.6. The maximum Gasteiger partial charge on any atom is 0.309 e. The maximum atomic E-state index is 11.8. The Balaban J connectivity index is 4.73. The molecule has 0 rings (SSSR count). The van der Waals surface area contributed by atoms with Gasteiger partial charge in [0, 0.05) is 0 Å². The summed E-state index contributed by atoms with van der Waals surface area (Å²) in [5.74, 6) is -1.38. The minimum atomic E-state index is -0.690. The van der Waals surface area contributed by atoms with Crippen LogP contribution in [0, 0.1) is 10.8 Å². The Bertz CT molecular complexity index is 344. The monoisotopic (exact) mass is 342 g/mol. The second kappa shape index (κ2) is 11.5. The van der Waals surface area contributed by atoms with E-state index in [4.69, 9.17) is 0 Å². The lowest BCUT2D eigenvalue weighted by molar-refractivity contribution is -0.152. The molecule has 0 aromatic heterocycles. The molecule has 142 valence electrons. The normalized spacial score (nSPS) is 16.3. The lowest BCUT2D eigenvalue weighted by Gasteiger charge is -2.30. The molecule has 0 aromatic carbocycles. The number of hydrogen-bond donors (Lipinski definition) is 2. The third-order valence-electron chi connectivity index (χ3n) is 5.84. The van der Waals surface area contributed by atoms with Crippen LogP contribution >= 0.6 is 0 Å². The van der Waals surface area contributed by atoms with E-state index in [-0.39, 0.29) is 0 Å². The highest BCUT2D eigenvalue weighted by molar-refractivity contribution is 5.75. The van der Waals surface area contributed by atoms with Crippen LogP contribution in [0.2, 0.25) is 0 Å². The number of aliphatic carboxylic acids is 2. The first kappa shape index (κ1) is 22.9. The molecular weight excluding hydrogens is 304 g/mol. The molecule has 0 aliphatic carbocycles. The number of carbonyl (C=O) groups is 2. The van der Waals surface area contributed by atoms with Gasteiger partial charge < -0.3 is 10.2 Å². The predicted molar refractivity (Wildman–Crippen MR) is 98.2 cm³/mol. The van der Waals surface area contributed by atoms with Gasteiger partial charge >= 0.3 is 11.9 Å². The first-order chi connectivity index (χ1) is 11.3. The Hall–Kier alpha value is -1.06. The molecule has 0 bridgehead atoms. The molecule has 2 unspecified atom stereocenters. The Kier molecular flexibility index (Phi) is 11.0. The lowest BCUT2D eigenvalue weighted by Crippen LogP contribution is -2.32. The standard InChI is InChI=1S/C20H38O4/c1-5-9-13-19(7-3,17(21)22)15-11-12-16-20(8-4,18(23)24)14-10-6-2/h5-16H2,1-4H3,(H,21,22)(H,23,24). The third kappa shape index (κ3) is 6.45. The summed E-state index contributed by atoms with van der Waals surface area (Å²) >= 11 is 0. The van der Waals surface area contributed by atoms with Crippen molar-refractivity contribution < 1.29 is 19.8 Å². The van der Waals surface area contributed by atoms with Crippen molar-refractivity contribution in [2.75, 3.05) is 0 Å². The lowest BCUT2D eigenvalue weighted by atomic mass is 9.73. The van der Waals surface area contributed by atoms with E-state index in [0.29, 0.717) is 25.7 Å². The molecule has 4 heteroatoms. The average Bonchev–Trinajstić information content (AvgIpc) is 2.56. The Labute approximate surface area is 148 Å². The van der Waals surface area contributed by atoms with Gasteiger partial charge in [0.2, 0.25) is 0 Å². The van der Waals surface area contributed by atoms with Crippen LogP contribution in [0.3, 0.4) is 0 Å². The smallest absolute Gasteiger partial charge is 0.309 e. The molecule has 0 saturated carbocycles. The number of rotatable bonds is 15. The maximum absolute atomic E-state index is 11.8. The highest BCUT2D eigenvalue weighted by Gasteiger charge is 2.37. The van der Waals surface area contributed by atoms with E-state index >= 15 is 0 Å². The molecule has 2 atom stereocenters. The van der Waals surface area contributed by atoms with Crippen molar-refractivity contribution in [1.29, 1.82) is 0 Å². The van der Waals surface area contributed by atoms with Crippen LogP contribution in [-0.2, 0) is 9.59 Å². The van der Waals surface area contributed by atoms with Gasteiger partial charge in [0.05, 0.1) is 10.8 Å². The molecule has 24 heavy (non-hydrogen) atoms. The molecule has 0 spiro atoms. The summed E-state index contributed by atoms with van der Waals surface area (Å²) in [6.07, 6.45) is 9.54. The zero-order valence-corrected chi connectivity index (χ0v) is 16.2. The van der Waals surface area contributed by atoms with E-state index < -0.39 is 22.8 Å². The molecule has 2 N–H and O–H groups in total. The molecule has 0 aromatic rings. The largest absolute Gasteiger partial charge is 0.481 e. The SMILES string of the molecule is CCCCC(CC)(CCCCC(CC)(CCCC)C(=O)O)C(=O)O. The van der Waals surface area contributed by atoms with Crippen molar-refractivity contribution in [2.45, 2.75) is 105 Å². The average molecular weight is 343 g/mol. The topological polar surface area (TPSA) is 74.6 Å². The molecule has 0 saturated heterocycles. The van der Waals surface area contributed by atoms with E-state index in [0.717, 1.165) is 51.4 Å². The van der Waals surface area contributed by atoms with Crippen molar-refractivity contribution in [3.63, 3.8) is 0 Å². The predicted octanol–water partition coefficient (Wildman–Crippen LogP) is 5.89. The molecule has 0 heterocycles. The van der Waals surface area contributed by atoms with Crippen molar-refractivity contribution in [2.24, 2.45) is 10.8 Å². The zero-order valence-electron chi connectivity index (χ0n) is 16.2. The van der Waals surface area contributed by atoms with Crippen molar-refractivity contribution in [3.8, 4) is 0 Å². The Morgan fingerprint density at radius 1 is 0.625 bits per heavy atom. The van der Waals surface area contributed by atoms with Crippen LogP contribution in [0.1, 0.15) is 105 Å². The second-order valence-corrected chi connectivity index (χ2v) is 7.29. The van der Waals surface area contributed by atoms with E-state index in [1.807, 2.05) is 13.8 Å². The summed E-state index contributed by atoms with van der Waals surface area (Å²) in [6, 6.07) is 0. The van der Waals surface area contributed by atoms with Crippen LogP contribution < -0.4 is 0 Å². The van der Waals surface area contributed by atoms with Crippen LogP contribution in [0.25, 0.3) is 0 Å². The number of hydrogen-bond acceptors (Lipinski definition) is 2. The van der Waals surface area contributed by atoms with E-state index in [1.54, 1.807) is 0 Å². The summed E-state index contributed by atoms with van der Waals surface area (Å²) in [6.45, 7) is 8.08. The molecule has 0 amide bonds. The van der Waals surface area contributed by atoms with Crippen LogP contribution in [0.4, 0.5) is 0 Å². The molecular formula is C20H38O4. The van der Waals surface area contributed by atoms with Crippen molar-refractivity contribution in [1.82, 2.24) is 0 Å². The van der Waals surface area contributed by atoms with E-state index in [2.05, 4.69) is 13.8 Å². The molecule has 4 nitrogen and oxygen atoms in total. The van der Waals surface area contributed by atoms with Gasteiger partial charge in [0.1, 0.15) is 0 Å². The summed E-state index contributed by atoms with van der Waals surface area (Å²) in [5.41, 5.74) is -1.25. The fourth-order valence-electron chi connectivity index (χ4n) is 3.64. The van der Waals surface area contributed by atoms with E-state index in [9.17, 15) is 19.8 Å². The molecule has 0 aliphatic heterocycles. The number of unbranched alkanes of at least 4 members (excludes halogenated alkanes) is 3. The quantitative estimate of drug-likeness (QED) is 0.364. The molecule has 0 aliphatic rings. The van der Waals surface area contributed by atoms with E-state index in [1.165, 1.54) is 0 Å². The Morgan fingerprint density at radius 3 is 1.12 bits per heavy atom. The van der Waals surface area contributed by atoms with Crippen LogP contribution in [0.5, 0.6) is 0 Å². The summed E-state index contributed by atoms with van der Waals surface area (Å²) < 4.78 is 0.